The summed E-state index contributed by atoms with van der Waals surface area (Å²) in [6.45, 7) is 3.23. The van der Waals surface area contributed by atoms with Crippen LogP contribution >= 0.6 is 0 Å². The summed E-state index contributed by atoms with van der Waals surface area (Å²) in [5.74, 6) is 0.758. The van der Waals surface area contributed by atoms with E-state index in [1.165, 1.54) is 4.90 Å². The van der Waals surface area contributed by atoms with Gasteiger partial charge in [0.2, 0.25) is 0 Å². The van der Waals surface area contributed by atoms with Gasteiger partial charge in [0.15, 0.2) is 11.5 Å². The first kappa shape index (κ1) is 18.1. The maximum Gasteiger partial charge on any atom is 0.261 e. The molecule has 3 aromatic rings. The van der Waals surface area contributed by atoms with Crippen molar-refractivity contribution >= 4 is 22.9 Å². The van der Waals surface area contributed by atoms with Gasteiger partial charge in [-0.3, -0.25) is 14.5 Å². The number of fused-ring (bicyclic) bond motifs is 2. The van der Waals surface area contributed by atoms with E-state index in [0.717, 1.165) is 55.9 Å². The number of likely N-dealkylation sites (tertiary alicyclic amines) is 1. The van der Waals surface area contributed by atoms with Gasteiger partial charge < -0.3 is 9.32 Å². The van der Waals surface area contributed by atoms with Crippen molar-refractivity contribution in [2.45, 2.75) is 25.2 Å². The SMILES string of the molecule is O=C1c2ccccc2C(=O)N1CCCN1CCCC(c2nc3ccccc3o2)C1. The van der Waals surface area contributed by atoms with Gasteiger partial charge in [0.05, 0.1) is 11.1 Å². The molecule has 148 valence electrons. The number of hydrogen-bond acceptors (Lipinski definition) is 5. The Morgan fingerprint density at radius 3 is 2.45 bits per heavy atom. The molecule has 6 heteroatoms. The third-order valence-electron chi connectivity index (χ3n) is 5.90. The van der Waals surface area contributed by atoms with E-state index < -0.39 is 0 Å². The van der Waals surface area contributed by atoms with Gasteiger partial charge in [0, 0.05) is 19.0 Å². The molecular weight excluding hydrogens is 366 g/mol. The third-order valence-corrected chi connectivity index (χ3v) is 5.90. The molecule has 0 spiro atoms. The molecule has 1 saturated heterocycles. The zero-order chi connectivity index (χ0) is 19.8. The number of aromatic nitrogens is 1. The quantitative estimate of drug-likeness (QED) is 0.623. The van der Waals surface area contributed by atoms with Crippen LogP contribution in [0.2, 0.25) is 0 Å². The first-order valence-corrected chi connectivity index (χ1v) is 10.2. The molecule has 1 fully saturated rings. The Labute approximate surface area is 169 Å². The Kier molecular flexibility index (Phi) is 4.64. The predicted molar refractivity (Wildman–Crippen MR) is 109 cm³/mol. The molecule has 2 aliphatic rings. The second-order valence-corrected chi connectivity index (χ2v) is 7.82. The van der Waals surface area contributed by atoms with E-state index in [1.54, 1.807) is 24.3 Å². The molecule has 1 aromatic heterocycles. The van der Waals surface area contributed by atoms with Crippen molar-refractivity contribution in [1.82, 2.24) is 14.8 Å². The van der Waals surface area contributed by atoms with Gasteiger partial charge in [-0.1, -0.05) is 24.3 Å². The van der Waals surface area contributed by atoms with E-state index in [4.69, 9.17) is 4.42 Å². The van der Waals surface area contributed by atoms with Crippen LogP contribution in [-0.2, 0) is 0 Å². The summed E-state index contributed by atoms with van der Waals surface area (Å²) in [5, 5.41) is 0. The molecule has 3 heterocycles. The molecule has 0 aliphatic carbocycles. The number of piperidine rings is 1. The Bertz CT molecular complexity index is 1010. The van der Waals surface area contributed by atoms with Crippen molar-refractivity contribution in [2.75, 3.05) is 26.2 Å². The smallest absolute Gasteiger partial charge is 0.261 e. The Balaban J connectivity index is 1.19. The fourth-order valence-corrected chi connectivity index (χ4v) is 4.42. The van der Waals surface area contributed by atoms with Crippen LogP contribution in [-0.4, -0.2) is 52.8 Å². The minimum absolute atomic E-state index is 0.173. The average Bonchev–Trinajstić information content (AvgIpc) is 3.29. The lowest BCUT2D eigenvalue weighted by molar-refractivity contribution is 0.0645. The minimum Gasteiger partial charge on any atom is -0.440 e. The number of carbonyl (C=O) groups excluding carboxylic acids is 2. The van der Waals surface area contributed by atoms with Crippen molar-refractivity contribution in [1.29, 1.82) is 0 Å². The van der Waals surface area contributed by atoms with Gasteiger partial charge in [0.1, 0.15) is 5.52 Å². The van der Waals surface area contributed by atoms with Crippen molar-refractivity contribution < 1.29 is 14.0 Å². The molecule has 5 rings (SSSR count). The van der Waals surface area contributed by atoms with Crippen LogP contribution < -0.4 is 0 Å². The normalized spacial score (nSPS) is 19.9. The number of nitrogens with zero attached hydrogens (tertiary/aromatic N) is 3. The van der Waals surface area contributed by atoms with Gasteiger partial charge in [-0.15, -0.1) is 0 Å². The second-order valence-electron chi connectivity index (χ2n) is 7.82. The second kappa shape index (κ2) is 7.44. The molecule has 0 radical (unpaired) electrons. The van der Waals surface area contributed by atoms with Crippen LogP contribution in [0, 0.1) is 0 Å². The lowest BCUT2D eigenvalue weighted by Crippen LogP contribution is -2.37. The zero-order valence-electron chi connectivity index (χ0n) is 16.2. The number of carbonyl (C=O) groups is 2. The maximum absolute atomic E-state index is 12.5. The monoisotopic (exact) mass is 389 g/mol. The van der Waals surface area contributed by atoms with Crippen LogP contribution in [0.5, 0.6) is 0 Å². The third kappa shape index (κ3) is 3.34. The highest BCUT2D eigenvalue weighted by Crippen LogP contribution is 2.29. The van der Waals surface area contributed by atoms with E-state index in [2.05, 4.69) is 9.88 Å². The predicted octanol–water partition coefficient (Wildman–Crippen LogP) is 3.69. The minimum atomic E-state index is -0.173. The average molecular weight is 389 g/mol. The number of amides is 2. The molecule has 2 amide bonds. The van der Waals surface area contributed by atoms with E-state index in [1.807, 2.05) is 24.3 Å². The summed E-state index contributed by atoms with van der Waals surface area (Å²) in [4.78, 5) is 33.4. The molecule has 0 N–H and O–H groups in total. The number of hydrogen-bond donors (Lipinski definition) is 0. The van der Waals surface area contributed by atoms with Gasteiger partial charge in [-0.05, 0) is 56.6 Å². The molecule has 29 heavy (non-hydrogen) atoms. The lowest BCUT2D eigenvalue weighted by atomic mass is 9.98. The molecule has 0 saturated carbocycles. The summed E-state index contributed by atoms with van der Waals surface area (Å²) in [5.41, 5.74) is 2.79. The Hall–Kier alpha value is -2.99. The molecule has 1 unspecified atom stereocenters. The van der Waals surface area contributed by atoms with Gasteiger partial charge in [0.25, 0.3) is 11.8 Å². The number of benzene rings is 2. The lowest BCUT2D eigenvalue weighted by Gasteiger charge is -2.31. The summed E-state index contributed by atoms with van der Waals surface area (Å²) in [6, 6.07) is 14.9. The number of para-hydroxylation sites is 2. The zero-order valence-corrected chi connectivity index (χ0v) is 16.2. The number of rotatable bonds is 5. The molecule has 6 nitrogen and oxygen atoms in total. The first-order chi connectivity index (χ1) is 14.2. The van der Waals surface area contributed by atoms with Crippen molar-refractivity contribution in [3.63, 3.8) is 0 Å². The maximum atomic E-state index is 12.5. The van der Waals surface area contributed by atoms with Gasteiger partial charge in [-0.25, -0.2) is 4.98 Å². The summed E-state index contributed by atoms with van der Waals surface area (Å²) in [6.07, 6.45) is 2.93. The first-order valence-electron chi connectivity index (χ1n) is 10.2. The number of imide groups is 1. The standard InChI is InChI=1S/C23H23N3O3/c27-22-17-8-1-2-9-18(17)23(28)26(22)14-6-13-25-12-5-7-16(15-25)21-24-19-10-3-4-11-20(19)29-21/h1-4,8-11,16H,5-7,12-15H2. The van der Waals surface area contributed by atoms with E-state index in [0.29, 0.717) is 17.7 Å². The van der Waals surface area contributed by atoms with Gasteiger partial charge >= 0.3 is 0 Å². The van der Waals surface area contributed by atoms with E-state index >= 15 is 0 Å². The number of oxazole rings is 1. The van der Waals surface area contributed by atoms with Gasteiger partial charge in [-0.2, -0.15) is 0 Å². The summed E-state index contributed by atoms with van der Waals surface area (Å²) in [7, 11) is 0. The highest BCUT2D eigenvalue weighted by Gasteiger charge is 2.34. The van der Waals surface area contributed by atoms with Crippen LogP contribution in [0.1, 0.15) is 51.8 Å². The highest BCUT2D eigenvalue weighted by atomic mass is 16.3. The Morgan fingerprint density at radius 2 is 1.69 bits per heavy atom. The summed E-state index contributed by atoms with van der Waals surface area (Å²) < 4.78 is 5.97. The molecule has 0 bridgehead atoms. The molecular formula is C23H23N3O3. The van der Waals surface area contributed by atoms with Crippen molar-refractivity contribution in [2.24, 2.45) is 0 Å². The van der Waals surface area contributed by atoms with Crippen LogP contribution in [0.4, 0.5) is 0 Å². The van der Waals surface area contributed by atoms with E-state index in [-0.39, 0.29) is 17.7 Å². The van der Waals surface area contributed by atoms with Crippen LogP contribution in [0.25, 0.3) is 11.1 Å². The summed E-state index contributed by atoms with van der Waals surface area (Å²) >= 11 is 0. The highest BCUT2D eigenvalue weighted by molar-refractivity contribution is 6.21. The van der Waals surface area contributed by atoms with E-state index in [9.17, 15) is 9.59 Å². The van der Waals surface area contributed by atoms with Crippen LogP contribution in [0.3, 0.4) is 0 Å². The largest absolute Gasteiger partial charge is 0.440 e. The Morgan fingerprint density at radius 1 is 0.966 bits per heavy atom. The molecule has 2 aliphatic heterocycles. The fraction of sp³-hybridized carbons (Fsp3) is 0.348. The van der Waals surface area contributed by atoms with Crippen molar-refractivity contribution in [3.05, 3.63) is 65.5 Å². The fourth-order valence-electron chi connectivity index (χ4n) is 4.42. The van der Waals surface area contributed by atoms with Crippen molar-refractivity contribution in [3.8, 4) is 0 Å². The molecule has 1 atom stereocenters. The molecule has 2 aromatic carbocycles. The van der Waals surface area contributed by atoms with Crippen LogP contribution in [0.15, 0.2) is 52.9 Å². The topological polar surface area (TPSA) is 66.7 Å².